The lowest BCUT2D eigenvalue weighted by atomic mass is 9.73. The minimum atomic E-state index is 0.742. The van der Waals surface area contributed by atoms with Crippen molar-refractivity contribution in [2.24, 2.45) is 5.73 Å². The highest BCUT2D eigenvalue weighted by Crippen LogP contribution is 1.96. The highest BCUT2D eigenvalue weighted by Gasteiger charge is 1.91. The van der Waals surface area contributed by atoms with Crippen LogP contribution in [0.1, 0.15) is 5.56 Å². The standard InChI is InChI=1S/C9H14BN/c1-10-9-4-2-8(3-5-9)6-7-11/h2-5,10H,6-7,11H2,1H3. The van der Waals surface area contributed by atoms with Gasteiger partial charge in [0.2, 0.25) is 0 Å². The molecular formula is C9H14BN. The van der Waals surface area contributed by atoms with Gasteiger partial charge >= 0.3 is 0 Å². The third-order valence-electron chi connectivity index (χ3n) is 1.86. The van der Waals surface area contributed by atoms with Gasteiger partial charge in [-0.05, 0) is 18.5 Å². The summed E-state index contributed by atoms with van der Waals surface area (Å²) >= 11 is 0. The Labute approximate surface area is 68.9 Å². The Morgan fingerprint density at radius 1 is 1.27 bits per heavy atom. The zero-order chi connectivity index (χ0) is 8.10. The molecule has 1 aromatic carbocycles. The van der Waals surface area contributed by atoms with Crippen molar-refractivity contribution in [3.05, 3.63) is 29.8 Å². The van der Waals surface area contributed by atoms with E-state index in [9.17, 15) is 0 Å². The molecule has 58 valence electrons. The number of nitrogens with two attached hydrogens (primary N) is 1. The molecule has 0 amide bonds. The molecule has 1 aromatic rings. The second kappa shape index (κ2) is 4.19. The summed E-state index contributed by atoms with van der Waals surface area (Å²) < 4.78 is 0. The summed E-state index contributed by atoms with van der Waals surface area (Å²) in [6.07, 6.45) is 0.990. The molecule has 0 spiro atoms. The van der Waals surface area contributed by atoms with E-state index in [0.717, 1.165) is 20.2 Å². The second-order valence-corrected chi connectivity index (χ2v) is 2.71. The van der Waals surface area contributed by atoms with Crippen LogP contribution in [0.15, 0.2) is 24.3 Å². The second-order valence-electron chi connectivity index (χ2n) is 2.71. The highest BCUT2D eigenvalue weighted by molar-refractivity contribution is 6.51. The van der Waals surface area contributed by atoms with Crippen LogP contribution < -0.4 is 11.2 Å². The molecule has 2 heteroatoms. The van der Waals surface area contributed by atoms with E-state index in [1.165, 1.54) is 11.0 Å². The Hall–Kier alpha value is -0.755. The molecule has 0 unspecified atom stereocenters. The lowest BCUT2D eigenvalue weighted by molar-refractivity contribution is 0.969. The summed E-state index contributed by atoms with van der Waals surface area (Å²) in [7, 11) is 1.11. The molecule has 0 bridgehead atoms. The Bertz CT molecular complexity index is 205. The van der Waals surface area contributed by atoms with Crippen LogP contribution >= 0.6 is 0 Å². The lowest BCUT2D eigenvalue weighted by Gasteiger charge is -1.99. The van der Waals surface area contributed by atoms with Crippen LogP contribution in [0.25, 0.3) is 0 Å². The Morgan fingerprint density at radius 3 is 2.36 bits per heavy atom. The molecule has 0 aromatic heterocycles. The van der Waals surface area contributed by atoms with Crippen LogP contribution in [-0.2, 0) is 6.42 Å². The lowest BCUT2D eigenvalue weighted by Crippen LogP contribution is -2.10. The highest BCUT2D eigenvalue weighted by atomic mass is 14.5. The fourth-order valence-electron chi connectivity index (χ4n) is 1.11. The smallest absolute Gasteiger partial charge is 0.154 e. The normalized spacial score (nSPS) is 9.64. The summed E-state index contributed by atoms with van der Waals surface area (Å²) in [5.41, 5.74) is 8.16. The summed E-state index contributed by atoms with van der Waals surface area (Å²) in [4.78, 5) is 0. The molecule has 1 rings (SSSR count). The van der Waals surface area contributed by atoms with Crippen LogP contribution in [0.3, 0.4) is 0 Å². The van der Waals surface area contributed by atoms with Crippen LogP contribution in [-0.4, -0.2) is 13.8 Å². The predicted molar refractivity (Wildman–Crippen MR) is 51.8 cm³/mol. The molecule has 11 heavy (non-hydrogen) atoms. The molecular weight excluding hydrogens is 133 g/mol. The zero-order valence-electron chi connectivity index (χ0n) is 7.01. The summed E-state index contributed by atoms with van der Waals surface area (Å²) in [6.45, 7) is 2.91. The molecule has 0 saturated carbocycles. The van der Waals surface area contributed by atoms with Crippen molar-refractivity contribution in [1.29, 1.82) is 0 Å². The maximum Gasteiger partial charge on any atom is 0.154 e. The molecule has 0 radical (unpaired) electrons. The first-order valence-electron chi connectivity index (χ1n) is 4.14. The van der Waals surface area contributed by atoms with Gasteiger partial charge in [0, 0.05) is 0 Å². The van der Waals surface area contributed by atoms with Crippen molar-refractivity contribution in [3.8, 4) is 0 Å². The van der Waals surface area contributed by atoms with Crippen molar-refractivity contribution >= 4 is 12.7 Å². The molecule has 2 N–H and O–H groups in total. The van der Waals surface area contributed by atoms with E-state index >= 15 is 0 Å². The number of rotatable bonds is 3. The van der Waals surface area contributed by atoms with Gasteiger partial charge in [0.1, 0.15) is 0 Å². The van der Waals surface area contributed by atoms with E-state index in [-0.39, 0.29) is 0 Å². The molecule has 1 nitrogen and oxygen atoms in total. The largest absolute Gasteiger partial charge is 0.330 e. The Kier molecular flexibility index (Phi) is 3.18. The van der Waals surface area contributed by atoms with E-state index < -0.39 is 0 Å². The van der Waals surface area contributed by atoms with E-state index in [1.807, 2.05) is 0 Å². The van der Waals surface area contributed by atoms with Gasteiger partial charge in [-0.15, -0.1) is 0 Å². The van der Waals surface area contributed by atoms with E-state index in [0.29, 0.717) is 0 Å². The van der Waals surface area contributed by atoms with Gasteiger partial charge in [0.15, 0.2) is 7.28 Å². The zero-order valence-corrected chi connectivity index (χ0v) is 7.01. The molecule has 0 fully saturated rings. The van der Waals surface area contributed by atoms with Gasteiger partial charge in [0.05, 0.1) is 0 Å². The monoisotopic (exact) mass is 147 g/mol. The van der Waals surface area contributed by atoms with Crippen molar-refractivity contribution in [1.82, 2.24) is 0 Å². The summed E-state index contributed by atoms with van der Waals surface area (Å²) in [6, 6.07) is 8.66. The van der Waals surface area contributed by atoms with Gasteiger partial charge < -0.3 is 5.73 Å². The molecule has 0 heterocycles. The van der Waals surface area contributed by atoms with Gasteiger partial charge in [-0.25, -0.2) is 0 Å². The van der Waals surface area contributed by atoms with Crippen LogP contribution in [0, 0.1) is 0 Å². The fraction of sp³-hybridized carbons (Fsp3) is 0.333. The number of hydrogen-bond acceptors (Lipinski definition) is 1. The van der Waals surface area contributed by atoms with Crippen LogP contribution in [0.2, 0.25) is 6.82 Å². The SMILES string of the molecule is CBc1ccc(CCN)cc1. The summed E-state index contributed by atoms with van der Waals surface area (Å²) in [5, 5.41) is 0. The Balaban J connectivity index is 2.66. The molecule has 0 aliphatic carbocycles. The van der Waals surface area contributed by atoms with Gasteiger partial charge in [-0.3, -0.25) is 0 Å². The van der Waals surface area contributed by atoms with E-state index in [1.54, 1.807) is 0 Å². The molecule has 0 aliphatic heterocycles. The maximum absolute atomic E-state index is 5.43. The number of benzene rings is 1. The molecule has 0 aliphatic rings. The average Bonchev–Trinajstić information content (AvgIpc) is 2.07. The fourth-order valence-corrected chi connectivity index (χ4v) is 1.11. The maximum atomic E-state index is 5.43. The Morgan fingerprint density at radius 2 is 1.91 bits per heavy atom. The van der Waals surface area contributed by atoms with Crippen LogP contribution in [0.4, 0.5) is 0 Å². The summed E-state index contributed by atoms with van der Waals surface area (Å²) in [5.74, 6) is 0. The quantitative estimate of drug-likeness (QED) is 0.611. The minimum absolute atomic E-state index is 0.742. The molecule has 0 saturated heterocycles. The minimum Gasteiger partial charge on any atom is -0.330 e. The van der Waals surface area contributed by atoms with E-state index in [2.05, 4.69) is 31.1 Å². The van der Waals surface area contributed by atoms with E-state index in [4.69, 9.17) is 5.73 Å². The predicted octanol–water partition coefficient (Wildman–Crippen LogP) is 0.298. The van der Waals surface area contributed by atoms with Crippen LogP contribution in [0.5, 0.6) is 0 Å². The topological polar surface area (TPSA) is 26.0 Å². The van der Waals surface area contributed by atoms with Gasteiger partial charge in [0.25, 0.3) is 0 Å². The first kappa shape index (κ1) is 8.34. The van der Waals surface area contributed by atoms with Gasteiger partial charge in [-0.2, -0.15) is 0 Å². The molecule has 0 atom stereocenters. The third kappa shape index (κ3) is 2.39. The van der Waals surface area contributed by atoms with Crippen molar-refractivity contribution in [2.45, 2.75) is 13.2 Å². The first-order chi connectivity index (χ1) is 5.36. The third-order valence-corrected chi connectivity index (χ3v) is 1.86. The van der Waals surface area contributed by atoms with Crippen molar-refractivity contribution in [3.63, 3.8) is 0 Å². The van der Waals surface area contributed by atoms with Gasteiger partial charge in [-0.1, -0.05) is 36.6 Å². The van der Waals surface area contributed by atoms with Crippen molar-refractivity contribution < 1.29 is 0 Å². The average molecular weight is 147 g/mol. The first-order valence-corrected chi connectivity index (χ1v) is 4.14. The van der Waals surface area contributed by atoms with Crippen molar-refractivity contribution in [2.75, 3.05) is 6.54 Å². The number of hydrogen-bond donors (Lipinski definition) is 1.